The Morgan fingerprint density at radius 1 is 1.00 bits per heavy atom. The Morgan fingerprint density at radius 3 is 2.43 bits per heavy atom. The number of amides is 1. The van der Waals surface area contributed by atoms with Crippen LogP contribution in [0, 0.1) is 24.6 Å². The molecule has 3 aliphatic rings. The first-order valence-electron chi connectivity index (χ1n) is 13.4. The Labute approximate surface area is 208 Å². The number of ether oxygens (including phenoxy) is 1. The van der Waals surface area contributed by atoms with Gasteiger partial charge in [0.05, 0.1) is 17.3 Å². The first-order valence-corrected chi connectivity index (χ1v) is 13.4. The van der Waals surface area contributed by atoms with Crippen LogP contribution in [-0.4, -0.2) is 24.2 Å². The lowest BCUT2D eigenvalue weighted by atomic mass is 9.73. The van der Waals surface area contributed by atoms with Gasteiger partial charge in [-0.25, -0.2) is 4.39 Å². The molecule has 1 aliphatic heterocycles. The second-order valence-corrected chi connectivity index (χ2v) is 10.7. The van der Waals surface area contributed by atoms with Crippen LogP contribution >= 0.6 is 0 Å². The average Bonchev–Trinajstić information content (AvgIpc) is 3.23. The molecule has 5 rings (SSSR count). The Bertz CT molecular complexity index is 1030. The van der Waals surface area contributed by atoms with Gasteiger partial charge in [-0.3, -0.25) is 4.79 Å². The maximum atomic E-state index is 14.2. The minimum absolute atomic E-state index is 0.0884. The van der Waals surface area contributed by atoms with E-state index >= 15 is 0 Å². The first-order chi connectivity index (χ1) is 17.0. The predicted octanol–water partition coefficient (Wildman–Crippen LogP) is 6.39. The number of hydrogen-bond donors (Lipinski definition) is 3. The van der Waals surface area contributed by atoms with E-state index in [1.54, 1.807) is 6.07 Å². The van der Waals surface area contributed by atoms with Gasteiger partial charge in [-0.1, -0.05) is 56.7 Å². The fraction of sp³-hybridized carbons (Fsp3) is 0.552. The zero-order chi connectivity index (χ0) is 24.3. The number of nitrogens with one attached hydrogen (secondary N) is 3. The molecule has 1 amide bonds. The predicted molar refractivity (Wildman–Crippen MR) is 138 cm³/mol. The van der Waals surface area contributed by atoms with Crippen molar-refractivity contribution in [2.75, 3.05) is 17.2 Å². The lowest BCUT2D eigenvalue weighted by Crippen LogP contribution is -2.61. The van der Waals surface area contributed by atoms with Crippen molar-refractivity contribution in [1.82, 2.24) is 5.32 Å². The molecule has 2 atom stereocenters. The molecule has 0 radical (unpaired) electrons. The van der Waals surface area contributed by atoms with Crippen LogP contribution < -0.4 is 20.7 Å². The monoisotopic (exact) mass is 479 g/mol. The molecule has 5 nitrogen and oxygen atoms in total. The second kappa shape index (κ2) is 10.5. The highest BCUT2D eigenvalue weighted by Gasteiger charge is 2.51. The first kappa shape index (κ1) is 24.0. The van der Waals surface area contributed by atoms with E-state index in [9.17, 15) is 9.18 Å². The van der Waals surface area contributed by atoms with Crippen LogP contribution in [0.3, 0.4) is 0 Å². The maximum Gasteiger partial charge on any atom is 0.228 e. The Morgan fingerprint density at radius 2 is 1.69 bits per heavy atom. The summed E-state index contributed by atoms with van der Waals surface area (Å²) in [5, 5.41) is 10.6. The number of rotatable bonds is 7. The van der Waals surface area contributed by atoms with Crippen molar-refractivity contribution in [3.8, 4) is 5.75 Å². The smallest absolute Gasteiger partial charge is 0.228 e. The lowest BCUT2D eigenvalue weighted by molar-refractivity contribution is -0.130. The summed E-state index contributed by atoms with van der Waals surface area (Å²) in [5.41, 5.74) is 1.68. The second-order valence-electron chi connectivity index (χ2n) is 10.7. The summed E-state index contributed by atoms with van der Waals surface area (Å²) < 4.78 is 20.6. The van der Waals surface area contributed by atoms with Crippen LogP contribution in [0.1, 0.15) is 69.8 Å². The van der Waals surface area contributed by atoms with Crippen molar-refractivity contribution in [3.05, 3.63) is 53.8 Å². The molecule has 3 N–H and O–H groups in total. The fourth-order valence-electron chi connectivity index (χ4n) is 6.31. The van der Waals surface area contributed by atoms with Gasteiger partial charge in [-0.05, 0) is 68.4 Å². The van der Waals surface area contributed by atoms with E-state index < -0.39 is 5.66 Å². The number of fused-ring (bicyclic) bond motifs is 1. The van der Waals surface area contributed by atoms with E-state index in [1.807, 2.05) is 31.2 Å². The van der Waals surface area contributed by atoms with Crippen LogP contribution in [0.5, 0.6) is 5.75 Å². The molecule has 188 valence electrons. The van der Waals surface area contributed by atoms with E-state index in [0.29, 0.717) is 5.69 Å². The summed E-state index contributed by atoms with van der Waals surface area (Å²) in [6, 6.07) is 12.9. The Hall–Kier alpha value is -2.76. The number of para-hydroxylation sites is 1. The molecular weight excluding hydrogens is 441 g/mol. The van der Waals surface area contributed by atoms with Gasteiger partial charge in [0.15, 0.2) is 5.66 Å². The molecule has 0 aromatic heterocycles. The van der Waals surface area contributed by atoms with E-state index in [4.69, 9.17) is 4.74 Å². The molecule has 35 heavy (non-hydrogen) atoms. The van der Waals surface area contributed by atoms with E-state index in [0.717, 1.165) is 55.5 Å². The fourth-order valence-corrected chi connectivity index (χ4v) is 6.31. The molecule has 2 unspecified atom stereocenters. The number of carbonyl (C=O) groups is 1. The van der Waals surface area contributed by atoms with Crippen molar-refractivity contribution in [3.63, 3.8) is 0 Å². The summed E-state index contributed by atoms with van der Waals surface area (Å²) in [6.45, 7) is 2.28. The standard InChI is InChI=1S/C29H38FN3O2/c1-20-10-8-9-15-26(20)35-19-29(32-24-17-16-22(30)18-25(24)33-29)27(21-11-4-2-5-12-21)28(34)31-23-13-6-3-7-14-23/h8-10,15-18,21,23,27,32-33H,2-7,11-14,19H2,1H3,(H,31,34). The molecule has 2 aromatic rings. The lowest BCUT2D eigenvalue weighted by Gasteiger charge is -2.43. The molecule has 2 fully saturated rings. The van der Waals surface area contributed by atoms with E-state index in [2.05, 4.69) is 16.0 Å². The minimum Gasteiger partial charge on any atom is -0.489 e. The Balaban J connectivity index is 1.48. The number of anilines is 2. The van der Waals surface area contributed by atoms with Gasteiger partial charge in [0.25, 0.3) is 0 Å². The van der Waals surface area contributed by atoms with Crippen molar-refractivity contribution < 1.29 is 13.9 Å². The number of aryl methyl sites for hydroxylation is 1. The van der Waals surface area contributed by atoms with Crippen molar-refractivity contribution in [2.45, 2.75) is 82.8 Å². The molecule has 2 aliphatic carbocycles. The molecule has 2 saturated carbocycles. The third kappa shape index (κ3) is 5.26. The minimum atomic E-state index is -0.862. The molecular formula is C29H38FN3O2. The summed E-state index contributed by atoms with van der Waals surface area (Å²) in [6.07, 6.45) is 11.2. The Kier molecular flexibility index (Phi) is 7.17. The van der Waals surface area contributed by atoms with E-state index in [-0.39, 0.29) is 36.2 Å². The van der Waals surface area contributed by atoms with Gasteiger partial charge < -0.3 is 20.7 Å². The molecule has 2 aromatic carbocycles. The van der Waals surface area contributed by atoms with Crippen LogP contribution in [0.2, 0.25) is 0 Å². The number of hydrogen-bond acceptors (Lipinski definition) is 4. The van der Waals surface area contributed by atoms with Crippen molar-refractivity contribution in [1.29, 1.82) is 0 Å². The maximum absolute atomic E-state index is 14.2. The largest absolute Gasteiger partial charge is 0.489 e. The third-order valence-electron chi connectivity index (χ3n) is 8.13. The normalized spacial score (nSPS) is 23.6. The van der Waals surface area contributed by atoms with Gasteiger partial charge in [0.2, 0.25) is 5.91 Å². The quantitative estimate of drug-likeness (QED) is 0.430. The van der Waals surface area contributed by atoms with Crippen molar-refractivity contribution >= 4 is 17.3 Å². The molecule has 0 saturated heterocycles. The van der Waals surface area contributed by atoms with Gasteiger partial charge >= 0.3 is 0 Å². The number of benzene rings is 2. The molecule has 0 spiro atoms. The van der Waals surface area contributed by atoms with Crippen LogP contribution in [0.25, 0.3) is 0 Å². The molecule has 0 bridgehead atoms. The summed E-state index contributed by atoms with van der Waals surface area (Å²) >= 11 is 0. The number of halogens is 1. The highest BCUT2D eigenvalue weighted by atomic mass is 19.1. The molecule has 1 heterocycles. The zero-order valence-corrected chi connectivity index (χ0v) is 20.7. The van der Waals surface area contributed by atoms with Gasteiger partial charge in [-0.2, -0.15) is 0 Å². The van der Waals surface area contributed by atoms with E-state index in [1.165, 1.54) is 37.8 Å². The van der Waals surface area contributed by atoms with Gasteiger partial charge in [0, 0.05) is 6.04 Å². The summed E-state index contributed by atoms with van der Waals surface area (Å²) in [4.78, 5) is 14.1. The number of carbonyl (C=O) groups excluding carboxylic acids is 1. The SMILES string of the molecule is Cc1ccccc1OCC1(C(C(=O)NC2CCCCC2)C2CCCCC2)Nc2ccc(F)cc2N1. The van der Waals surface area contributed by atoms with Crippen LogP contribution in [-0.2, 0) is 4.79 Å². The van der Waals surface area contributed by atoms with Gasteiger partial charge in [-0.15, -0.1) is 0 Å². The van der Waals surface area contributed by atoms with Gasteiger partial charge in [0.1, 0.15) is 18.2 Å². The van der Waals surface area contributed by atoms with Crippen molar-refractivity contribution in [2.24, 2.45) is 11.8 Å². The third-order valence-corrected chi connectivity index (χ3v) is 8.13. The highest BCUT2D eigenvalue weighted by molar-refractivity contribution is 5.86. The van der Waals surface area contributed by atoms with Crippen LogP contribution in [0.4, 0.5) is 15.8 Å². The zero-order valence-electron chi connectivity index (χ0n) is 20.7. The average molecular weight is 480 g/mol. The summed E-state index contributed by atoms with van der Waals surface area (Å²) in [7, 11) is 0. The summed E-state index contributed by atoms with van der Waals surface area (Å²) in [5.74, 6) is 0.476. The molecule has 6 heteroatoms. The highest BCUT2D eigenvalue weighted by Crippen LogP contribution is 2.44. The topological polar surface area (TPSA) is 62.4 Å². The van der Waals surface area contributed by atoms with Crippen LogP contribution in [0.15, 0.2) is 42.5 Å².